The molecule has 0 spiro atoms. The van der Waals surface area contributed by atoms with E-state index in [1.165, 1.54) is 12.1 Å². The molecule has 3 N–H and O–H groups in total. The van der Waals surface area contributed by atoms with Gasteiger partial charge in [0.25, 0.3) is 5.41 Å². The Bertz CT molecular complexity index is 578. The number of nitrogens with zero attached hydrogens (tertiary/aromatic N) is 1. The summed E-state index contributed by atoms with van der Waals surface area (Å²) in [5.74, 6) is -6.34. The standard InChI is InChI=1S/C19H37NO6Si2/c1-8-14(19(15(21)22,16(23)24)17(25)26)13-18(9-2,10-3)20-27(4,5)11-12-28(20,6)7/h14H,8-13H2,1-7H3,(H,21,22)(H,23,24)(H,25,26). The van der Waals surface area contributed by atoms with Crippen LogP contribution in [0, 0.1) is 11.3 Å². The molecule has 1 rings (SSSR count). The predicted octanol–water partition coefficient (Wildman–Crippen LogP) is 3.93. The average Bonchev–Trinajstić information content (AvgIpc) is 2.79. The zero-order valence-corrected chi connectivity index (χ0v) is 20.3. The van der Waals surface area contributed by atoms with Gasteiger partial charge in [0.2, 0.25) is 0 Å². The van der Waals surface area contributed by atoms with Crippen LogP contribution in [0.1, 0.15) is 46.5 Å². The first kappa shape index (κ1) is 24.8. The van der Waals surface area contributed by atoms with Gasteiger partial charge in [-0.3, -0.25) is 14.4 Å². The van der Waals surface area contributed by atoms with E-state index in [1.54, 1.807) is 6.92 Å². The smallest absolute Gasteiger partial charge is 0.333 e. The van der Waals surface area contributed by atoms with Crippen LogP contribution >= 0.6 is 0 Å². The highest BCUT2D eigenvalue weighted by atomic mass is 28.4. The number of aliphatic carboxylic acids is 3. The zero-order valence-electron chi connectivity index (χ0n) is 18.3. The van der Waals surface area contributed by atoms with Gasteiger partial charge >= 0.3 is 17.9 Å². The van der Waals surface area contributed by atoms with Crippen molar-refractivity contribution < 1.29 is 29.7 Å². The van der Waals surface area contributed by atoms with E-state index in [0.717, 1.165) is 12.8 Å². The Morgan fingerprint density at radius 2 is 1.21 bits per heavy atom. The Morgan fingerprint density at radius 3 is 1.46 bits per heavy atom. The predicted molar refractivity (Wildman–Crippen MR) is 113 cm³/mol. The van der Waals surface area contributed by atoms with E-state index in [4.69, 9.17) is 0 Å². The molecule has 1 fully saturated rings. The minimum absolute atomic E-state index is 0.185. The molecule has 0 aliphatic carbocycles. The first-order valence-electron chi connectivity index (χ1n) is 10.2. The van der Waals surface area contributed by atoms with Gasteiger partial charge < -0.3 is 19.6 Å². The van der Waals surface area contributed by atoms with E-state index >= 15 is 0 Å². The molecule has 0 aromatic rings. The molecule has 0 amide bonds. The second-order valence-electron chi connectivity index (χ2n) is 9.42. The van der Waals surface area contributed by atoms with E-state index in [1.807, 2.05) is 0 Å². The van der Waals surface area contributed by atoms with E-state index < -0.39 is 45.7 Å². The SMILES string of the molecule is CCC(CC(CC)(CC)N1[Si](C)(C)CC[Si]1(C)C)C(C(=O)O)(C(=O)O)C(=O)O. The third-order valence-electron chi connectivity index (χ3n) is 7.09. The molecule has 1 unspecified atom stereocenters. The van der Waals surface area contributed by atoms with Crippen LogP contribution in [0.5, 0.6) is 0 Å². The lowest BCUT2D eigenvalue weighted by Crippen LogP contribution is -2.67. The molecular formula is C19H37NO6Si2. The molecule has 1 heterocycles. The Hall–Kier alpha value is -1.20. The van der Waals surface area contributed by atoms with Crippen LogP contribution in [-0.4, -0.2) is 59.5 Å². The highest BCUT2D eigenvalue weighted by Crippen LogP contribution is 2.49. The van der Waals surface area contributed by atoms with Crippen molar-refractivity contribution in [1.29, 1.82) is 0 Å². The van der Waals surface area contributed by atoms with E-state index in [-0.39, 0.29) is 18.4 Å². The third kappa shape index (κ3) is 3.80. The van der Waals surface area contributed by atoms with Crippen molar-refractivity contribution in [1.82, 2.24) is 4.23 Å². The fraction of sp³-hybridized carbons (Fsp3) is 0.842. The van der Waals surface area contributed by atoms with Crippen molar-refractivity contribution in [2.45, 2.75) is 90.3 Å². The summed E-state index contributed by atoms with van der Waals surface area (Å²) in [4.78, 5) is 36.0. The van der Waals surface area contributed by atoms with Crippen LogP contribution in [0.3, 0.4) is 0 Å². The Labute approximate surface area is 170 Å². The maximum absolute atomic E-state index is 12.0. The second-order valence-corrected chi connectivity index (χ2v) is 19.0. The lowest BCUT2D eigenvalue weighted by molar-refractivity contribution is -0.181. The van der Waals surface area contributed by atoms with Crippen LogP contribution in [0.2, 0.25) is 38.3 Å². The summed E-state index contributed by atoms with van der Waals surface area (Å²) >= 11 is 0. The summed E-state index contributed by atoms with van der Waals surface area (Å²) in [6.07, 6.45) is 1.96. The number of carbonyl (C=O) groups is 3. The number of rotatable bonds is 10. The van der Waals surface area contributed by atoms with Gasteiger partial charge in [0.05, 0.1) is 0 Å². The summed E-state index contributed by atoms with van der Waals surface area (Å²) in [7, 11) is -3.50. The van der Waals surface area contributed by atoms with Crippen molar-refractivity contribution in [3.8, 4) is 0 Å². The topological polar surface area (TPSA) is 115 Å². The minimum Gasteiger partial charge on any atom is -0.480 e. The Kier molecular flexibility index (Phi) is 7.34. The van der Waals surface area contributed by atoms with Gasteiger partial charge in [-0.2, -0.15) is 0 Å². The highest BCUT2D eigenvalue weighted by Gasteiger charge is 2.63. The third-order valence-corrected chi connectivity index (χ3v) is 17.5. The summed E-state index contributed by atoms with van der Waals surface area (Å²) in [5.41, 5.74) is -3.18. The summed E-state index contributed by atoms with van der Waals surface area (Å²) in [6.45, 7) is 15.1. The van der Waals surface area contributed by atoms with E-state index in [0.29, 0.717) is 0 Å². The van der Waals surface area contributed by atoms with Crippen LogP contribution in [0.15, 0.2) is 0 Å². The summed E-state index contributed by atoms with van der Waals surface area (Å²) in [5, 5.41) is 29.2. The molecule has 162 valence electrons. The molecule has 0 bridgehead atoms. The first-order chi connectivity index (χ1) is 12.7. The molecule has 7 nitrogen and oxygen atoms in total. The van der Waals surface area contributed by atoms with Crippen molar-refractivity contribution in [2.75, 3.05) is 0 Å². The van der Waals surface area contributed by atoms with Crippen molar-refractivity contribution in [3.05, 3.63) is 0 Å². The molecule has 0 aromatic carbocycles. The van der Waals surface area contributed by atoms with Gasteiger partial charge in [-0.1, -0.05) is 53.4 Å². The average molecular weight is 432 g/mol. The first-order valence-corrected chi connectivity index (χ1v) is 16.5. The van der Waals surface area contributed by atoms with Crippen LogP contribution < -0.4 is 0 Å². The highest BCUT2D eigenvalue weighted by molar-refractivity contribution is 6.95. The fourth-order valence-corrected chi connectivity index (χ4v) is 21.7. The number of hydrogen-bond donors (Lipinski definition) is 3. The van der Waals surface area contributed by atoms with Gasteiger partial charge in [-0.05, 0) is 37.3 Å². The monoisotopic (exact) mass is 431 g/mol. The molecular weight excluding hydrogens is 394 g/mol. The second kappa shape index (κ2) is 8.27. The van der Waals surface area contributed by atoms with E-state index in [2.05, 4.69) is 44.3 Å². The normalized spacial score (nSPS) is 20.7. The number of carboxylic acid groups (broad SMARTS) is 3. The number of hydrogen-bond acceptors (Lipinski definition) is 4. The largest absolute Gasteiger partial charge is 0.480 e. The Morgan fingerprint density at radius 1 is 0.857 bits per heavy atom. The van der Waals surface area contributed by atoms with Gasteiger partial charge in [-0.15, -0.1) is 0 Å². The van der Waals surface area contributed by atoms with Gasteiger partial charge in [0.1, 0.15) is 16.5 Å². The molecule has 1 atom stereocenters. The van der Waals surface area contributed by atoms with Crippen LogP contribution in [0.4, 0.5) is 0 Å². The molecule has 1 aliphatic heterocycles. The fourth-order valence-electron chi connectivity index (χ4n) is 5.75. The molecule has 0 aromatic heterocycles. The van der Waals surface area contributed by atoms with Crippen LogP contribution in [-0.2, 0) is 14.4 Å². The molecule has 1 aliphatic rings. The van der Waals surface area contributed by atoms with Crippen molar-refractivity contribution >= 4 is 34.4 Å². The molecule has 0 saturated carbocycles. The summed E-state index contributed by atoms with van der Waals surface area (Å²) < 4.78 is 2.69. The quantitative estimate of drug-likeness (QED) is 0.354. The lowest BCUT2D eigenvalue weighted by Gasteiger charge is -2.55. The van der Waals surface area contributed by atoms with Gasteiger partial charge in [0.15, 0.2) is 0 Å². The van der Waals surface area contributed by atoms with E-state index in [9.17, 15) is 29.7 Å². The minimum atomic E-state index is -2.82. The molecule has 9 heteroatoms. The molecule has 0 radical (unpaired) electrons. The number of carboxylic acids is 3. The molecule has 28 heavy (non-hydrogen) atoms. The maximum Gasteiger partial charge on any atom is 0.333 e. The zero-order chi connectivity index (χ0) is 22.1. The summed E-state index contributed by atoms with van der Waals surface area (Å²) in [6, 6.07) is 2.35. The van der Waals surface area contributed by atoms with Crippen molar-refractivity contribution in [3.63, 3.8) is 0 Å². The maximum atomic E-state index is 12.0. The van der Waals surface area contributed by atoms with Crippen LogP contribution in [0.25, 0.3) is 0 Å². The Balaban J connectivity index is 3.60. The molecule has 1 saturated heterocycles. The van der Waals surface area contributed by atoms with Gasteiger partial charge in [-0.25, -0.2) is 0 Å². The lowest BCUT2D eigenvalue weighted by atomic mass is 9.67. The van der Waals surface area contributed by atoms with Gasteiger partial charge in [0, 0.05) is 5.54 Å². The van der Waals surface area contributed by atoms with Crippen molar-refractivity contribution in [2.24, 2.45) is 11.3 Å².